The van der Waals surface area contributed by atoms with E-state index < -0.39 is 15.8 Å². The van der Waals surface area contributed by atoms with Crippen LogP contribution in [0.5, 0.6) is 0 Å². The number of nitro groups is 2. The van der Waals surface area contributed by atoms with Gasteiger partial charge in [-0.3, -0.25) is 20.2 Å². The number of hydrogen-bond donors (Lipinski definition) is 1. The highest BCUT2D eigenvalue weighted by molar-refractivity contribution is 6.29. The lowest BCUT2D eigenvalue weighted by atomic mass is 9.86. The number of benzene rings is 1. The van der Waals surface area contributed by atoms with E-state index in [0.29, 0.717) is 36.2 Å². The maximum absolute atomic E-state index is 12.3. The molecule has 0 spiro atoms. The van der Waals surface area contributed by atoms with Crippen molar-refractivity contribution >= 4 is 17.3 Å². The Morgan fingerprint density at radius 2 is 1.88 bits per heavy atom. The van der Waals surface area contributed by atoms with Crippen molar-refractivity contribution in [2.45, 2.75) is 12.5 Å². The number of aromatic nitrogens is 1. The second-order valence-corrected chi connectivity index (χ2v) is 7.61. The van der Waals surface area contributed by atoms with Crippen LogP contribution < -0.4 is 5.73 Å². The molecule has 1 saturated heterocycles. The third kappa shape index (κ3) is 3.57. The van der Waals surface area contributed by atoms with E-state index in [1.54, 1.807) is 23.2 Å². The lowest BCUT2D eigenvalue weighted by Gasteiger charge is -2.32. The minimum atomic E-state index is -1.06. The topological polar surface area (TPSA) is 155 Å². The van der Waals surface area contributed by atoms with Crippen LogP contribution in [0.2, 0.25) is 5.15 Å². The van der Waals surface area contributed by atoms with Gasteiger partial charge in [-0.05, 0) is 17.2 Å². The van der Waals surface area contributed by atoms with E-state index in [0.717, 1.165) is 5.56 Å². The van der Waals surface area contributed by atoms with Gasteiger partial charge in [-0.15, -0.1) is 0 Å². The zero-order valence-corrected chi connectivity index (χ0v) is 17.3. The first-order valence-corrected chi connectivity index (χ1v) is 9.85. The van der Waals surface area contributed by atoms with Crippen molar-refractivity contribution in [3.63, 3.8) is 0 Å². The molecule has 0 amide bonds. The average molecular weight is 454 g/mol. The summed E-state index contributed by atoms with van der Waals surface area (Å²) in [6, 6.07) is 10.7. The van der Waals surface area contributed by atoms with Crippen molar-refractivity contribution in [3.8, 4) is 6.07 Å². The Hall–Kier alpha value is -4.17. The van der Waals surface area contributed by atoms with Gasteiger partial charge in [0.25, 0.3) is 11.4 Å². The van der Waals surface area contributed by atoms with E-state index in [-0.39, 0.29) is 22.8 Å². The Balaban J connectivity index is 1.83. The molecule has 1 fully saturated rings. The minimum absolute atomic E-state index is 0.0318. The zero-order valence-electron chi connectivity index (χ0n) is 16.5. The summed E-state index contributed by atoms with van der Waals surface area (Å²) in [4.78, 5) is 29.6. The fourth-order valence-corrected chi connectivity index (χ4v) is 4.11. The molecule has 0 saturated carbocycles. The standard InChI is InChI=1S/C20H16ClN7O4/c21-16-6-1-12(10-24-16)11-25-7-8-26-19(23)15(9-22)17(18(20(25)26)28(31)32)13-2-4-14(5-3-13)27(29)30/h1-6,10,17H,7-8,11,23H2. The summed E-state index contributed by atoms with van der Waals surface area (Å²) in [7, 11) is 0. The van der Waals surface area contributed by atoms with Crippen LogP contribution in [-0.2, 0) is 6.54 Å². The highest BCUT2D eigenvalue weighted by Gasteiger charge is 2.47. The van der Waals surface area contributed by atoms with E-state index in [9.17, 15) is 25.5 Å². The zero-order chi connectivity index (χ0) is 23.0. The number of fused-ring (bicyclic) bond motifs is 1. The van der Waals surface area contributed by atoms with Gasteiger partial charge in [-0.25, -0.2) is 4.98 Å². The lowest BCUT2D eigenvalue weighted by Crippen LogP contribution is -2.37. The Morgan fingerprint density at radius 3 is 2.44 bits per heavy atom. The molecule has 162 valence electrons. The van der Waals surface area contributed by atoms with Crippen LogP contribution in [-0.4, -0.2) is 37.7 Å². The molecule has 2 N–H and O–H groups in total. The predicted octanol–water partition coefficient (Wildman–Crippen LogP) is 2.70. The Labute approximate surface area is 186 Å². The number of halogens is 1. The van der Waals surface area contributed by atoms with E-state index >= 15 is 0 Å². The van der Waals surface area contributed by atoms with Crippen LogP contribution in [0.1, 0.15) is 17.0 Å². The van der Waals surface area contributed by atoms with E-state index in [1.807, 2.05) is 11.0 Å². The molecule has 0 radical (unpaired) electrons. The van der Waals surface area contributed by atoms with Gasteiger partial charge in [0, 0.05) is 38.0 Å². The van der Waals surface area contributed by atoms with E-state index in [2.05, 4.69) is 4.98 Å². The molecule has 12 heteroatoms. The molecule has 32 heavy (non-hydrogen) atoms. The number of non-ortho nitro benzene ring substituents is 1. The number of hydrogen-bond acceptors (Lipinski definition) is 9. The molecule has 4 rings (SSSR count). The molecule has 1 unspecified atom stereocenters. The van der Waals surface area contributed by atoms with E-state index in [4.69, 9.17) is 17.3 Å². The summed E-state index contributed by atoms with van der Waals surface area (Å²) in [5.41, 5.74) is 7.12. The summed E-state index contributed by atoms with van der Waals surface area (Å²) in [5.74, 6) is -0.635. The van der Waals surface area contributed by atoms with Crippen LogP contribution in [0.4, 0.5) is 5.69 Å². The number of nitrogens with zero attached hydrogens (tertiary/aromatic N) is 6. The van der Waals surface area contributed by atoms with Gasteiger partial charge in [0.1, 0.15) is 16.9 Å². The number of pyridine rings is 1. The fraction of sp³-hybridized carbons (Fsp3) is 0.200. The maximum atomic E-state index is 12.3. The van der Waals surface area contributed by atoms with Gasteiger partial charge < -0.3 is 15.5 Å². The average Bonchev–Trinajstić information content (AvgIpc) is 3.18. The van der Waals surface area contributed by atoms with Crippen molar-refractivity contribution in [2.75, 3.05) is 13.1 Å². The van der Waals surface area contributed by atoms with Crippen LogP contribution in [0.3, 0.4) is 0 Å². The molecule has 2 aromatic rings. The molecule has 1 aromatic heterocycles. The smallest absolute Gasteiger partial charge is 0.299 e. The summed E-state index contributed by atoms with van der Waals surface area (Å²) in [5, 5.41) is 33.4. The largest absolute Gasteiger partial charge is 0.384 e. The van der Waals surface area contributed by atoms with Gasteiger partial charge in [-0.2, -0.15) is 5.26 Å². The SMILES string of the molecule is N#CC1=C(N)N2CCN(Cc3ccc(Cl)nc3)C2=C([N+](=O)[O-])C1c1ccc([N+](=O)[O-])cc1. The molecular formula is C20H16ClN7O4. The minimum Gasteiger partial charge on any atom is -0.384 e. The lowest BCUT2D eigenvalue weighted by molar-refractivity contribution is -0.432. The summed E-state index contributed by atoms with van der Waals surface area (Å²) < 4.78 is 0. The maximum Gasteiger partial charge on any atom is 0.299 e. The first-order valence-electron chi connectivity index (χ1n) is 9.47. The Bertz CT molecular complexity index is 1200. The second kappa shape index (κ2) is 8.16. The summed E-state index contributed by atoms with van der Waals surface area (Å²) in [6.07, 6.45) is 1.59. The van der Waals surface area contributed by atoms with Crippen molar-refractivity contribution in [1.29, 1.82) is 5.26 Å². The highest BCUT2D eigenvalue weighted by atomic mass is 35.5. The van der Waals surface area contributed by atoms with Gasteiger partial charge >= 0.3 is 0 Å². The summed E-state index contributed by atoms with van der Waals surface area (Å²) >= 11 is 5.85. The van der Waals surface area contributed by atoms with Crippen LogP contribution in [0.15, 0.2) is 65.5 Å². The fourth-order valence-electron chi connectivity index (χ4n) is 3.99. The molecule has 3 heterocycles. The molecule has 11 nitrogen and oxygen atoms in total. The first-order chi connectivity index (χ1) is 15.3. The highest BCUT2D eigenvalue weighted by Crippen LogP contribution is 2.43. The number of nitrogens with two attached hydrogens (primary N) is 1. The van der Waals surface area contributed by atoms with Gasteiger partial charge in [0.05, 0.1) is 21.5 Å². The molecular weight excluding hydrogens is 438 g/mol. The molecule has 0 aliphatic carbocycles. The third-order valence-electron chi connectivity index (χ3n) is 5.42. The van der Waals surface area contributed by atoms with Gasteiger partial charge in [0.2, 0.25) is 0 Å². The summed E-state index contributed by atoms with van der Waals surface area (Å²) in [6.45, 7) is 1.15. The number of nitriles is 1. The molecule has 0 bridgehead atoms. The van der Waals surface area contributed by atoms with Crippen LogP contribution >= 0.6 is 11.6 Å². The van der Waals surface area contributed by atoms with Gasteiger partial charge in [0.15, 0.2) is 5.82 Å². The quantitative estimate of drug-likeness (QED) is 0.408. The number of allylic oxidation sites excluding steroid dienone is 1. The second-order valence-electron chi connectivity index (χ2n) is 7.22. The van der Waals surface area contributed by atoms with Gasteiger partial charge in [-0.1, -0.05) is 29.8 Å². The molecule has 1 aromatic carbocycles. The van der Waals surface area contributed by atoms with Crippen LogP contribution in [0.25, 0.3) is 0 Å². The predicted molar refractivity (Wildman–Crippen MR) is 113 cm³/mol. The Morgan fingerprint density at radius 1 is 1.16 bits per heavy atom. The normalized spacial score (nSPS) is 17.9. The molecule has 2 aliphatic rings. The van der Waals surface area contributed by atoms with Crippen LogP contribution in [0, 0.1) is 31.6 Å². The monoisotopic (exact) mass is 453 g/mol. The van der Waals surface area contributed by atoms with Crippen molar-refractivity contribution < 1.29 is 9.85 Å². The molecule has 1 atom stereocenters. The van der Waals surface area contributed by atoms with Crippen molar-refractivity contribution in [3.05, 3.63) is 102 Å². The third-order valence-corrected chi connectivity index (χ3v) is 5.65. The van der Waals surface area contributed by atoms with E-state index in [1.165, 1.54) is 24.3 Å². The van der Waals surface area contributed by atoms with Crippen molar-refractivity contribution in [1.82, 2.24) is 14.8 Å². The number of nitro benzene ring substituents is 1. The Kier molecular flexibility index (Phi) is 5.38. The van der Waals surface area contributed by atoms with Crippen molar-refractivity contribution in [2.24, 2.45) is 5.73 Å². The number of rotatable bonds is 5. The first kappa shape index (κ1) is 21.1. The molecule has 2 aliphatic heterocycles.